The highest BCUT2D eigenvalue weighted by atomic mass is 19.4. The van der Waals surface area contributed by atoms with Gasteiger partial charge < -0.3 is 0 Å². The molecule has 0 N–H and O–H groups in total. The maximum Gasteiger partial charge on any atom is 0.418 e. The first-order chi connectivity index (χ1) is 19.1. The number of hydrogen-bond donors (Lipinski definition) is 0. The highest BCUT2D eigenvalue weighted by Gasteiger charge is 2.35. The van der Waals surface area contributed by atoms with Gasteiger partial charge in [-0.3, -0.25) is 24.0 Å². The lowest BCUT2D eigenvalue weighted by Gasteiger charge is -2.30. The van der Waals surface area contributed by atoms with Crippen molar-refractivity contribution in [1.82, 2.24) is 29.3 Å². The fourth-order valence-electron chi connectivity index (χ4n) is 6.00. The van der Waals surface area contributed by atoms with Crippen molar-refractivity contribution in [3.05, 3.63) is 93.2 Å². The average molecular weight is 551 g/mol. The first-order valence-electron chi connectivity index (χ1n) is 13.1. The molecule has 0 aliphatic heterocycles. The van der Waals surface area contributed by atoms with Crippen LogP contribution in [0.25, 0.3) is 22.1 Å². The Labute approximate surface area is 226 Å². The first kappa shape index (κ1) is 26.1. The molecule has 1 fully saturated rings. The van der Waals surface area contributed by atoms with E-state index in [1.807, 2.05) is 0 Å². The van der Waals surface area contributed by atoms with E-state index in [1.165, 1.54) is 22.9 Å². The summed E-state index contributed by atoms with van der Waals surface area (Å²) in [5.41, 5.74) is 1.51. The maximum absolute atomic E-state index is 15.0. The van der Waals surface area contributed by atoms with Gasteiger partial charge in [0.05, 0.1) is 35.2 Å². The van der Waals surface area contributed by atoms with E-state index in [-0.39, 0.29) is 35.5 Å². The van der Waals surface area contributed by atoms with E-state index in [9.17, 15) is 18.0 Å². The molecule has 40 heavy (non-hydrogen) atoms. The smallest absolute Gasteiger partial charge is 0.285 e. The summed E-state index contributed by atoms with van der Waals surface area (Å²) in [7, 11) is 1.79. The van der Waals surface area contributed by atoms with Gasteiger partial charge in [-0.15, -0.1) is 0 Å². The number of benzene rings is 1. The zero-order valence-corrected chi connectivity index (χ0v) is 21.9. The standard InChI is InChI=1S/C29H26F4N6O/c1-16-13-35-23-12-20(28(40)39(27(23)37-16)15-24-21(29(31,32)33)4-3-11-34-24)17-5-7-18(8-6-17)25-22(30)10-9-19-14-36-38(2)26(19)25/h3-4,9-14,17-18H,5-8,15H2,1-2H3. The van der Waals surface area contributed by atoms with Gasteiger partial charge in [-0.1, -0.05) is 0 Å². The van der Waals surface area contributed by atoms with Gasteiger partial charge in [-0.05, 0) is 74.8 Å². The molecule has 11 heteroatoms. The van der Waals surface area contributed by atoms with E-state index in [0.29, 0.717) is 48.0 Å². The Kier molecular flexibility index (Phi) is 6.39. The van der Waals surface area contributed by atoms with E-state index in [2.05, 4.69) is 20.1 Å². The Hall–Kier alpha value is -4.15. The Bertz CT molecular complexity index is 1800. The predicted molar refractivity (Wildman–Crippen MR) is 141 cm³/mol. The lowest BCUT2D eigenvalue weighted by Crippen LogP contribution is -2.29. The molecule has 7 nitrogen and oxygen atoms in total. The van der Waals surface area contributed by atoms with Crippen LogP contribution < -0.4 is 5.56 Å². The van der Waals surface area contributed by atoms with Gasteiger partial charge in [0.25, 0.3) is 5.56 Å². The maximum atomic E-state index is 15.0. The third kappa shape index (κ3) is 4.52. The van der Waals surface area contributed by atoms with Crippen LogP contribution in [0.1, 0.15) is 65.6 Å². The molecule has 0 atom stereocenters. The second kappa shape index (κ2) is 9.79. The molecule has 1 aliphatic rings. The third-order valence-corrected chi connectivity index (χ3v) is 7.91. The minimum Gasteiger partial charge on any atom is -0.285 e. The zero-order valence-electron chi connectivity index (χ0n) is 21.9. The largest absolute Gasteiger partial charge is 0.418 e. The molecular weight excluding hydrogens is 524 g/mol. The Morgan fingerprint density at radius 2 is 1.77 bits per heavy atom. The number of pyridine rings is 2. The molecule has 1 aromatic carbocycles. The number of rotatable bonds is 4. The summed E-state index contributed by atoms with van der Waals surface area (Å²) in [5, 5.41) is 5.16. The summed E-state index contributed by atoms with van der Waals surface area (Å²) in [4.78, 5) is 26.7. The van der Waals surface area contributed by atoms with Crippen LogP contribution in [0.2, 0.25) is 0 Å². The number of alkyl halides is 3. The number of halogens is 4. The number of hydrogen-bond acceptors (Lipinski definition) is 5. The minimum absolute atomic E-state index is 0.0386. The summed E-state index contributed by atoms with van der Waals surface area (Å²) < 4.78 is 59.1. The Morgan fingerprint density at radius 3 is 2.52 bits per heavy atom. The quantitative estimate of drug-likeness (QED) is 0.256. The number of aromatic nitrogens is 6. The van der Waals surface area contributed by atoms with Crippen LogP contribution >= 0.6 is 0 Å². The molecule has 206 valence electrons. The average Bonchev–Trinajstić information content (AvgIpc) is 3.30. The summed E-state index contributed by atoms with van der Waals surface area (Å²) >= 11 is 0. The zero-order chi connectivity index (χ0) is 28.2. The van der Waals surface area contributed by atoms with Crippen LogP contribution in [-0.4, -0.2) is 29.3 Å². The summed E-state index contributed by atoms with van der Waals surface area (Å²) in [6, 6.07) is 7.08. The van der Waals surface area contributed by atoms with Crippen molar-refractivity contribution in [2.24, 2.45) is 7.05 Å². The molecule has 1 aliphatic carbocycles. The summed E-state index contributed by atoms with van der Waals surface area (Å²) in [5.74, 6) is -0.459. The molecule has 0 radical (unpaired) electrons. The summed E-state index contributed by atoms with van der Waals surface area (Å²) in [6.45, 7) is 1.32. The van der Waals surface area contributed by atoms with Gasteiger partial charge in [-0.25, -0.2) is 9.37 Å². The van der Waals surface area contributed by atoms with Gasteiger partial charge in [0.1, 0.15) is 11.3 Å². The molecule has 1 saturated carbocycles. The van der Waals surface area contributed by atoms with Crippen LogP contribution in [-0.2, 0) is 19.8 Å². The van der Waals surface area contributed by atoms with Gasteiger partial charge in [0, 0.05) is 36.0 Å². The van der Waals surface area contributed by atoms with E-state index in [0.717, 1.165) is 17.0 Å². The van der Waals surface area contributed by atoms with Crippen molar-refractivity contribution in [2.45, 2.75) is 57.2 Å². The van der Waals surface area contributed by atoms with Gasteiger partial charge in [-0.2, -0.15) is 18.3 Å². The molecule has 0 saturated heterocycles. The first-order valence-corrected chi connectivity index (χ1v) is 13.1. The Balaban J connectivity index is 1.37. The van der Waals surface area contributed by atoms with Crippen molar-refractivity contribution in [2.75, 3.05) is 0 Å². The van der Waals surface area contributed by atoms with Gasteiger partial charge in [0.2, 0.25) is 0 Å². The van der Waals surface area contributed by atoms with E-state index >= 15 is 4.39 Å². The van der Waals surface area contributed by atoms with Crippen LogP contribution in [0.3, 0.4) is 0 Å². The molecule has 5 aromatic rings. The Morgan fingerprint density at radius 1 is 1.02 bits per heavy atom. The molecule has 0 spiro atoms. The molecule has 4 heterocycles. The van der Waals surface area contributed by atoms with Crippen LogP contribution in [0, 0.1) is 12.7 Å². The van der Waals surface area contributed by atoms with Crippen LogP contribution in [0.4, 0.5) is 17.6 Å². The van der Waals surface area contributed by atoms with E-state index in [4.69, 9.17) is 0 Å². The fourth-order valence-corrected chi connectivity index (χ4v) is 6.00. The monoisotopic (exact) mass is 550 g/mol. The van der Waals surface area contributed by atoms with Gasteiger partial charge in [0.15, 0.2) is 5.65 Å². The highest BCUT2D eigenvalue weighted by molar-refractivity contribution is 5.82. The van der Waals surface area contributed by atoms with Gasteiger partial charge >= 0.3 is 6.18 Å². The number of nitrogens with zero attached hydrogens (tertiary/aromatic N) is 6. The normalized spacial score (nSPS) is 18.1. The lowest BCUT2D eigenvalue weighted by atomic mass is 9.76. The van der Waals surface area contributed by atoms with Crippen LogP contribution in [0.5, 0.6) is 0 Å². The molecule has 0 unspecified atom stereocenters. The minimum atomic E-state index is -4.62. The fraction of sp³-hybridized carbons (Fsp3) is 0.345. The predicted octanol–water partition coefficient (Wildman–Crippen LogP) is 6.03. The van der Waals surface area contributed by atoms with Crippen molar-refractivity contribution in [1.29, 1.82) is 0 Å². The molecule has 0 amide bonds. The summed E-state index contributed by atoms with van der Waals surface area (Å²) in [6.07, 6.45) is 2.50. The third-order valence-electron chi connectivity index (χ3n) is 7.91. The number of fused-ring (bicyclic) bond motifs is 2. The molecule has 0 bridgehead atoms. The van der Waals surface area contributed by atoms with Crippen molar-refractivity contribution >= 4 is 22.1 Å². The topological polar surface area (TPSA) is 78.5 Å². The molecule has 4 aromatic heterocycles. The SMILES string of the molecule is Cc1cnc2cc(C3CCC(c4c(F)ccc5cnn(C)c45)CC3)c(=O)n(Cc3ncccc3C(F)(F)F)c2n1. The van der Waals surface area contributed by atoms with E-state index in [1.54, 1.807) is 43.2 Å². The second-order valence-corrected chi connectivity index (χ2v) is 10.4. The molecule has 6 rings (SSSR count). The van der Waals surface area contributed by atoms with Crippen molar-refractivity contribution in [3.63, 3.8) is 0 Å². The van der Waals surface area contributed by atoms with Crippen molar-refractivity contribution in [3.8, 4) is 0 Å². The lowest BCUT2D eigenvalue weighted by molar-refractivity contribution is -0.138. The van der Waals surface area contributed by atoms with E-state index < -0.39 is 17.3 Å². The van der Waals surface area contributed by atoms with Crippen LogP contribution in [0.15, 0.2) is 53.7 Å². The van der Waals surface area contributed by atoms with Crippen molar-refractivity contribution < 1.29 is 17.6 Å². The molecular formula is C29H26F4N6O. The second-order valence-electron chi connectivity index (χ2n) is 10.4. The number of aryl methyl sites for hydroxylation is 2. The highest BCUT2D eigenvalue weighted by Crippen LogP contribution is 2.43.